The van der Waals surface area contributed by atoms with E-state index >= 15 is 0 Å². The van der Waals surface area contributed by atoms with Crippen molar-refractivity contribution < 1.29 is 9.53 Å². The molecule has 3 rings (SSSR count). The van der Waals surface area contributed by atoms with Gasteiger partial charge in [-0.2, -0.15) is 5.10 Å². The molecule has 1 N–H and O–H groups in total. The molecular weight excluding hydrogens is 328 g/mol. The summed E-state index contributed by atoms with van der Waals surface area (Å²) in [6, 6.07) is 7.77. The first-order valence-electron chi connectivity index (χ1n) is 9.26. The molecule has 0 saturated carbocycles. The standard InChI is InChI=1S/C20H28N4O2/c1-5-26-17-10-8-16(9-11-17)21-19(25)13-24-12-6-7-18(24)20-14(2)22-23(4)15(20)3/h8-11,18H,5-7,12-13H2,1-4H3,(H,21,25). The molecule has 140 valence electrons. The van der Waals surface area contributed by atoms with Crippen LogP contribution in [0.4, 0.5) is 5.69 Å². The molecule has 1 aliphatic heterocycles. The number of hydrogen-bond donors (Lipinski definition) is 1. The third-order valence-corrected chi connectivity index (χ3v) is 5.06. The van der Waals surface area contributed by atoms with Crippen molar-refractivity contribution in [1.82, 2.24) is 14.7 Å². The largest absolute Gasteiger partial charge is 0.494 e. The monoisotopic (exact) mass is 356 g/mol. The molecule has 0 bridgehead atoms. The number of carbonyl (C=O) groups is 1. The number of nitrogens with one attached hydrogen (secondary N) is 1. The van der Waals surface area contributed by atoms with Gasteiger partial charge in [0, 0.05) is 30.0 Å². The topological polar surface area (TPSA) is 59.4 Å². The number of benzene rings is 1. The number of amides is 1. The van der Waals surface area contributed by atoms with Gasteiger partial charge in [-0.05, 0) is 64.4 Å². The number of anilines is 1. The molecule has 1 fully saturated rings. The number of ether oxygens (including phenoxy) is 1. The maximum atomic E-state index is 12.5. The molecule has 2 heterocycles. The quantitative estimate of drug-likeness (QED) is 0.863. The number of carbonyl (C=O) groups excluding carboxylic acids is 1. The maximum absolute atomic E-state index is 12.5. The Morgan fingerprint density at radius 2 is 2.04 bits per heavy atom. The summed E-state index contributed by atoms with van der Waals surface area (Å²) in [5.74, 6) is 0.827. The first-order chi connectivity index (χ1) is 12.5. The lowest BCUT2D eigenvalue weighted by Crippen LogP contribution is -2.33. The highest BCUT2D eigenvalue weighted by molar-refractivity contribution is 5.92. The van der Waals surface area contributed by atoms with Gasteiger partial charge in [0.05, 0.1) is 18.8 Å². The van der Waals surface area contributed by atoms with Crippen LogP contribution in [0.3, 0.4) is 0 Å². The second-order valence-electron chi connectivity index (χ2n) is 6.84. The predicted octanol–water partition coefficient (Wildman–Crippen LogP) is 3.21. The van der Waals surface area contributed by atoms with Crippen molar-refractivity contribution in [3.63, 3.8) is 0 Å². The molecular formula is C20H28N4O2. The van der Waals surface area contributed by atoms with E-state index in [9.17, 15) is 4.79 Å². The Labute approximate surface area is 155 Å². The zero-order chi connectivity index (χ0) is 18.7. The van der Waals surface area contributed by atoms with E-state index in [1.807, 2.05) is 42.9 Å². The molecule has 1 aliphatic rings. The van der Waals surface area contributed by atoms with Crippen LogP contribution < -0.4 is 10.1 Å². The fourth-order valence-corrected chi connectivity index (χ4v) is 3.80. The lowest BCUT2D eigenvalue weighted by molar-refractivity contribution is -0.117. The molecule has 1 amide bonds. The van der Waals surface area contributed by atoms with Crippen LogP contribution in [0.1, 0.15) is 42.8 Å². The Bertz CT molecular complexity index is 767. The van der Waals surface area contributed by atoms with E-state index in [-0.39, 0.29) is 11.9 Å². The summed E-state index contributed by atoms with van der Waals surface area (Å²) < 4.78 is 7.36. The SMILES string of the molecule is CCOc1ccc(NC(=O)CN2CCCC2c2c(C)nn(C)c2C)cc1. The molecule has 6 heteroatoms. The molecule has 1 saturated heterocycles. The van der Waals surface area contributed by atoms with E-state index in [0.717, 1.165) is 36.5 Å². The van der Waals surface area contributed by atoms with Gasteiger partial charge < -0.3 is 10.1 Å². The van der Waals surface area contributed by atoms with Crippen molar-refractivity contribution in [1.29, 1.82) is 0 Å². The van der Waals surface area contributed by atoms with Gasteiger partial charge in [0.25, 0.3) is 0 Å². The van der Waals surface area contributed by atoms with Crippen molar-refractivity contribution in [2.75, 3.05) is 25.0 Å². The van der Waals surface area contributed by atoms with Crippen LogP contribution in [-0.2, 0) is 11.8 Å². The number of rotatable bonds is 6. The summed E-state index contributed by atoms with van der Waals surface area (Å²) >= 11 is 0. The van der Waals surface area contributed by atoms with E-state index in [1.54, 1.807) is 0 Å². The van der Waals surface area contributed by atoms with E-state index in [2.05, 4.69) is 29.2 Å². The summed E-state index contributed by atoms with van der Waals surface area (Å²) in [6.45, 7) is 8.08. The molecule has 0 radical (unpaired) electrons. The third-order valence-electron chi connectivity index (χ3n) is 5.06. The molecule has 1 atom stereocenters. The molecule has 1 aromatic carbocycles. The summed E-state index contributed by atoms with van der Waals surface area (Å²) in [4.78, 5) is 14.8. The van der Waals surface area contributed by atoms with E-state index in [1.165, 1.54) is 11.3 Å². The highest BCUT2D eigenvalue weighted by Crippen LogP contribution is 2.35. The van der Waals surface area contributed by atoms with E-state index in [4.69, 9.17) is 4.74 Å². The van der Waals surface area contributed by atoms with Crippen molar-refractivity contribution in [2.45, 2.75) is 39.7 Å². The third kappa shape index (κ3) is 3.90. The average molecular weight is 356 g/mol. The minimum Gasteiger partial charge on any atom is -0.494 e. The second kappa shape index (κ2) is 7.91. The summed E-state index contributed by atoms with van der Waals surface area (Å²) in [7, 11) is 1.98. The molecule has 1 unspecified atom stereocenters. The Balaban J connectivity index is 1.64. The van der Waals surface area contributed by atoms with Gasteiger partial charge in [-0.1, -0.05) is 0 Å². The molecule has 0 spiro atoms. The number of nitrogens with zero attached hydrogens (tertiary/aromatic N) is 3. The Morgan fingerprint density at radius 3 is 2.65 bits per heavy atom. The number of aryl methyl sites for hydroxylation is 2. The first kappa shape index (κ1) is 18.5. The minimum absolute atomic E-state index is 0.0141. The maximum Gasteiger partial charge on any atom is 0.238 e. The number of hydrogen-bond acceptors (Lipinski definition) is 4. The van der Waals surface area contributed by atoms with Gasteiger partial charge >= 0.3 is 0 Å². The van der Waals surface area contributed by atoms with Crippen LogP contribution in [0.5, 0.6) is 5.75 Å². The van der Waals surface area contributed by atoms with Crippen LogP contribution in [0.15, 0.2) is 24.3 Å². The zero-order valence-electron chi connectivity index (χ0n) is 16.1. The first-order valence-corrected chi connectivity index (χ1v) is 9.26. The fourth-order valence-electron chi connectivity index (χ4n) is 3.80. The van der Waals surface area contributed by atoms with E-state index in [0.29, 0.717) is 13.2 Å². The molecule has 6 nitrogen and oxygen atoms in total. The second-order valence-corrected chi connectivity index (χ2v) is 6.84. The molecule has 26 heavy (non-hydrogen) atoms. The normalized spacial score (nSPS) is 17.5. The lowest BCUT2D eigenvalue weighted by atomic mass is 10.0. The predicted molar refractivity (Wildman–Crippen MR) is 102 cm³/mol. The highest BCUT2D eigenvalue weighted by Gasteiger charge is 2.31. The van der Waals surface area contributed by atoms with Gasteiger partial charge in [-0.15, -0.1) is 0 Å². The zero-order valence-corrected chi connectivity index (χ0v) is 16.1. The van der Waals surface area contributed by atoms with Crippen LogP contribution in [0.2, 0.25) is 0 Å². The van der Waals surface area contributed by atoms with Crippen LogP contribution >= 0.6 is 0 Å². The van der Waals surface area contributed by atoms with E-state index < -0.39 is 0 Å². The lowest BCUT2D eigenvalue weighted by Gasteiger charge is -2.24. The van der Waals surface area contributed by atoms with Gasteiger partial charge in [-0.3, -0.25) is 14.4 Å². The number of likely N-dealkylation sites (tertiary alicyclic amines) is 1. The van der Waals surface area contributed by atoms with Crippen molar-refractivity contribution in [2.24, 2.45) is 7.05 Å². The van der Waals surface area contributed by atoms with Crippen molar-refractivity contribution in [3.05, 3.63) is 41.2 Å². The number of aromatic nitrogens is 2. The fraction of sp³-hybridized carbons (Fsp3) is 0.500. The summed E-state index contributed by atoms with van der Waals surface area (Å²) in [6.07, 6.45) is 2.18. The van der Waals surface area contributed by atoms with Crippen LogP contribution in [-0.4, -0.2) is 40.3 Å². The minimum atomic E-state index is 0.0141. The molecule has 1 aromatic heterocycles. The van der Waals surface area contributed by atoms with Gasteiger partial charge in [0.2, 0.25) is 5.91 Å². The highest BCUT2D eigenvalue weighted by atomic mass is 16.5. The summed E-state index contributed by atoms with van der Waals surface area (Å²) in [5, 5.41) is 7.53. The van der Waals surface area contributed by atoms with Crippen molar-refractivity contribution >= 4 is 11.6 Å². The van der Waals surface area contributed by atoms with Gasteiger partial charge in [-0.25, -0.2) is 0 Å². The average Bonchev–Trinajstić information content (AvgIpc) is 3.14. The summed E-state index contributed by atoms with van der Waals surface area (Å²) in [5.41, 5.74) is 4.32. The van der Waals surface area contributed by atoms with Gasteiger partial charge in [0.15, 0.2) is 0 Å². The smallest absolute Gasteiger partial charge is 0.238 e. The Kier molecular flexibility index (Phi) is 5.61. The van der Waals surface area contributed by atoms with Crippen LogP contribution in [0, 0.1) is 13.8 Å². The molecule has 2 aromatic rings. The Hall–Kier alpha value is -2.34. The Morgan fingerprint density at radius 1 is 1.31 bits per heavy atom. The van der Waals surface area contributed by atoms with Gasteiger partial charge in [0.1, 0.15) is 5.75 Å². The van der Waals surface area contributed by atoms with Crippen LogP contribution in [0.25, 0.3) is 0 Å². The van der Waals surface area contributed by atoms with Crippen molar-refractivity contribution in [3.8, 4) is 5.75 Å². The molecule has 0 aliphatic carbocycles.